The highest BCUT2D eigenvalue weighted by molar-refractivity contribution is 5.90. The number of carbonyl (C=O) groups is 1. The monoisotopic (exact) mass is 269 g/mol. The van der Waals surface area contributed by atoms with Gasteiger partial charge in [0, 0.05) is 6.54 Å². The smallest absolute Gasteiger partial charge is 0.340 e. The molecule has 1 saturated carbocycles. The van der Waals surface area contributed by atoms with Gasteiger partial charge >= 0.3 is 5.97 Å². The second-order valence-corrected chi connectivity index (χ2v) is 4.79. The van der Waals surface area contributed by atoms with Gasteiger partial charge in [-0.2, -0.15) is 0 Å². The van der Waals surface area contributed by atoms with E-state index in [0.717, 1.165) is 13.5 Å². The Balaban J connectivity index is 2.00. The molecule has 1 fully saturated rings. The van der Waals surface area contributed by atoms with E-state index in [1.54, 1.807) is 0 Å². The van der Waals surface area contributed by atoms with Gasteiger partial charge in [0.1, 0.15) is 0 Å². The lowest BCUT2D eigenvalue weighted by atomic mass is 9.83. The fourth-order valence-electron chi connectivity index (χ4n) is 2.15. The van der Waals surface area contributed by atoms with Crippen LogP contribution in [0.2, 0.25) is 0 Å². The van der Waals surface area contributed by atoms with Gasteiger partial charge in [0.25, 0.3) is 0 Å². The molecular weight excluding hydrogens is 252 g/mol. The summed E-state index contributed by atoms with van der Waals surface area (Å²) in [6.07, 6.45) is 4.67. The summed E-state index contributed by atoms with van der Waals surface area (Å²) in [5.41, 5.74) is -0.297. The lowest BCUT2D eigenvalue weighted by molar-refractivity contribution is 0.0594. The number of ether oxygens (including phenoxy) is 1. The molecule has 0 heterocycles. The molecule has 0 amide bonds. The minimum absolute atomic E-state index is 0.0875. The Hall–Kier alpha value is -1.65. The lowest BCUT2D eigenvalue weighted by Gasteiger charge is -2.25. The molecule has 1 aromatic rings. The number of hydrogen-bond acceptors (Lipinski definition) is 3. The third-order valence-electron chi connectivity index (χ3n) is 3.58. The molecule has 19 heavy (non-hydrogen) atoms. The number of nitrogens with one attached hydrogen (secondary N) is 1. The Morgan fingerprint density at radius 3 is 2.68 bits per heavy atom. The second kappa shape index (κ2) is 5.99. The number of benzene rings is 1. The summed E-state index contributed by atoms with van der Waals surface area (Å²) in [6.45, 7) is 0.610. The van der Waals surface area contributed by atoms with Crippen LogP contribution in [-0.4, -0.2) is 19.6 Å². The molecule has 1 aliphatic carbocycles. The Kier molecular flexibility index (Phi) is 4.35. The summed E-state index contributed by atoms with van der Waals surface area (Å²) >= 11 is 0. The predicted octanol–water partition coefficient (Wildman–Crippen LogP) is 3.35. The average Bonchev–Trinajstić information content (AvgIpc) is 2.36. The molecule has 0 unspecified atom stereocenters. The molecule has 1 aliphatic rings. The molecule has 1 N–H and O–H groups in total. The van der Waals surface area contributed by atoms with E-state index >= 15 is 0 Å². The highest BCUT2D eigenvalue weighted by Crippen LogP contribution is 2.29. The van der Waals surface area contributed by atoms with E-state index in [1.165, 1.54) is 31.4 Å². The maximum Gasteiger partial charge on any atom is 0.340 e. The third kappa shape index (κ3) is 3.03. The van der Waals surface area contributed by atoms with Crippen molar-refractivity contribution in [3.05, 3.63) is 29.3 Å². The van der Waals surface area contributed by atoms with E-state index < -0.39 is 17.6 Å². The molecule has 0 saturated heterocycles. The molecule has 0 spiro atoms. The number of anilines is 1. The van der Waals surface area contributed by atoms with Crippen LogP contribution >= 0.6 is 0 Å². The Morgan fingerprint density at radius 1 is 1.37 bits per heavy atom. The van der Waals surface area contributed by atoms with Gasteiger partial charge in [0.15, 0.2) is 11.6 Å². The van der Waals surface area contributed by atoms with E-state index in [9.17, 15) is 13.6 Å². The highest BCUT2D eigenvalue weighted by Gasteiger charge is 2.20. The van der Waals surface area contributed by atoms with Crippen molar-refractivity contribution in [1.82, 2.24) is 0 Å². The highest BCUT2D eigenvalue weighted by atomic mass is 19.2. The van der Waals surface area contributed by atoms with Crippen molar-refractivity contribution in [1.29, 1.82) is 0 Å². The zero-order valence-corrected chi connectivity index (χ0v) is 10.8. The predicted molar refractivity (Wildman–Crippen MR) is 68.1 cm³/mol. The number of carbonyl (C=O) groups excluding carboxylic acids is 1. The topological polar surface area (TPSA) is 38.3 Å². The van der Waals surface area contributed by atoms with Crippen LogP contribution in [0.5, 0.6) is 0 Å². The maximum atomic E-state index is 13.7. The summed E-state index contributed by atoms with van der Waals surface area (Å²) in [4.78, 5) is 11.2. The largest absolute Gasteiger partial charge is 0.465 e. The van der Waals surface area contributed by atoms with Crippen molar-refractivity contribution >= 4 is 11.7 Å². The summed E-state index contributed by atoms with van der Waals surface area (Å²) in [5.74, 6) is -2.37. The van der Waals surface area contributed by atoms with Gasteiger partial charge in [0.05, 0.1) is 18.4 Å². The van der Waals surface area contributed by atoms with Crippen molar-refractivity contribution < 1.29 is 18.3 Å². The molecule has 0 bridgehead atoms. The molecule has 0 aliphatic heterocycles. The Morgan fingerprint density at radius 2 is 2.11 bits per heavy atom. The van der Waals surface area contributed by atoms with Gasteiger partial charge in [-0.05, 0) is 24.5 Å². The van der Waals surface area contributed by atoms with Gasteiger partial charge in [-0.3, -0.25) is 0 Å². The van der Waals surface area contributed by atoms with E-state index in [4.69, 9.17) is 0 Å². The number of esters is 1. The van der Waals surface area contributed by atoms with Crippen molar-refractivity contribution in [3.8, 4) is 0 Å². The number of methoxy groups -OCH3 is 1. The molecule has 5 heteroatoms. The van der Waals surface area contributed by atoms with Crippen LogP contribution in [0, 0.1) is 17.6 Å². The minimum Gasteiger partial charge on any atom is -0.465 e. The number of hydrogen-bond donors (Lipinski definition) is 1. The first-order chi connectivity index (χ1) is 9.13. The molecule has 2 rings (SSSR count). The van der Waals surface area contributed by atoms with Crippen LogP contribution in [0.25, 0.3) is 0 Å². The molecule has 1 aromatic carbocycles. The van der Waals surface area contributed by atoms with Crippen LogP contribution < -0.4 is 5.32 Å². The SMILES string of the molecule is COC(=O)c1ccc(NCCC2CCC2)c(F)c1F. The number of halogens is 2. The molecule has 0 atom stereocenters. The summed E-state index contributed by atoms with van der Waals surface area (Å²) in [5, 5.41) is 2.87. The van der Waals surface area contributed by atoms with Crippen molar-refractivity contribution in [2.45, 2.75) is 25.7 Å². The second-order valence-electron chi connectivity index (χ2n) is 4.79. The minimum atomic E-state index is -1.17. The van der Waals surface area contributed by atoms with E-state index in [0.29, 0.717) is 12.5 Å². The van der Waals surface area contributed by atoms with Crippen molar-refractivity contribution in [2.24, 2.45) is 5.92 Å². The molecule has 104 valence electrons. The molecule has 0 aromatic heterocycles. The normalized spacial score (nSPS) is 14.9. The molecular formula is C14H17F2NO2. The Labute approximate surface area is 111 Å². The van der Waals surface area contributed by atoms with Gasteiger partial charge in [-0.1, -0.05) is 19.3 Å². The summed E-state index contributed by atoms with van der Waals surface area (Å²) in [7, 11) is 1.13. The van der Waals surface area contributed by atoms with Crippen LogP contribution in [0.4, 0.5) is 14.5 Å². The van der Waals surface area contributed by atoms with Gasteiger partial charge in [-0.25, -0.2) is 13.6 Å². The fourth-order valence-corrected chi connectivity index (χ4v) is 2.15. The van der Waals surface area contributed by atoms with Gasteiger partial charge < -0.3 is 10.1 Å². The first-order valence-corrected chi connectivity index (χ1v) is 6.43. The lowest BCUT2D eigenvalue weighted by Crippen LogP contribution is -2.16. The van der Waals surface area contributed by atoms with Crippen LogP contribution in [0.15, 0.2) is 12.1 Å². The van der Waals surface area contributed by atoms with E-state index in [1.807, 2.05) is 0 Å². The van der Waals surface area contributed by atoms with Gasteiger partial charge in [0.2, 0.25) is 0 Å². The van der Waals surface area contributed by atoms with Crippen LogP contribution in [0.1, 0.15) is 36.0 Å². The quantitative estimate of drug-likeness (QED) is 0.833. The molecule has 0 radical (unpaired) electrons. The van der Waals surface area contributed by atoms with Crippen molar-refractivity contribution in [3.63, 3.8) is 0 Å². The van der Waals surface area contributed by atoms with E-state index in [-0.39, 0.29) is 11.3 Å². The maximum absolute atomic E-state index is 13.7. The first-order valence-electron chi connectivity index (χ1n) is 6.43. The fraction of sp³-hybridized carbons (Fsp3) is 0.500. The summed E-state index contributed by atoms with van der Waals surface area (Å²) < 4.78 is 31.8. The van der Waals surface area contributed by atoms with E-state index in [2.05, 4.69) is 10.1 Å². The zero-order valence-electron chi connectivity index (χ0n) is 10.8. The third-order valence-corrected chi connectivity index (χ3v) is 3.58. The van der Waals surface area contributed by atoms with Gasteiger partial charge in [-0.15, -0.1) is 0 Å². The van der Waals surface area contributed by atoms with Crippen molar-refractivity contribution in [2.75, 3.05) is 19.0 Å². The summed E-state index contributed by atoms with van der Waals surface area (Å²) in [6, 6.07) is 2.60. The zero-order chi connectivity index (χ0) is 13.8. The average molecular weight is 269 g/mol. The molecule has 3 nitrogen and oxygen atoms in total. The first kappa shape index (κ1) is 13.8. The Bertz CT molecular complexity index is 473. The number of rotatable bonds is 5. The van der Waals surface area contributed by atoms with Crippen LogP contribution in [0.3, 0.4) is 0 Å². The van der Waals surface area contributed by atoms with Crippen LogP contribution in [-0.2, 0) is 4.74 Å². The standard InChI is InChI=1S/C14H17F2NO2/c1-19-14(18)10-5-6-11(13(16)12(10)15)17-8-7-9-3-2-4-9/h5-6,9,17H,2-4,7-8H2,1H3.